The van der Waals surface area contributed by atoms with Gasteiger partial charge in [0.25, 0.3) is 0 Å². The van der Waals surface area contributed by atoms with Crippen LogP contribution < -0.4 is 0 Å². The van der Waals surface area contributed by atoms with Crippen molar-refractivity contribution in [1.82, 2.24) is 0 Å². The van der Waals surface area contributed by atoms with Crippen LogP contribution in [-0.2, 0) is 27.9 Å². The average molecular weight is 641 g/mol. The Kier molecular flexibility index (Phi) is 27.5. The molecule has 0 aromatic rings. The fraction of sp³-hybridized carbons (Fsp3) is 0.686. The van der Waals surface area contributed by atoms with Gasteiger partial charge in [-0.2, -0.15) is 0 Å². The molecule has 0 fully saturated rings. The third-order valence-corrected chi connectivity index (χ3v) is 7.36. The maximum Gasteiger partial charge on any atom is 0.472 e. The Hall–Kier alpha value is -1.80. The summed E-state index contributed by atoms with van der Waals surface area (Å²) in [6.45, 7) is 5.29. The van der Waals surface area contributed by atoms with E-state index in [1.165, 1.54) is 32.1 Å². The van der Waals surface area contributed by atoms with Crippen LogP contribution in [0.4, 0.5) is 0 Å². The lowest BCUT2D eigenvalue weighted by atomic mass is 10.1. The molecule has 0 aliphatic carbocycles. The first-order chi connectivity index (χ1) is 21.1. The molecule has 0 saturated heterocycles. The van der Waals surface area contributed by atoms with Gasteiger partial charge >= 0.3 is 13.8 Å². The lowest BCUT2D eigenvalue weighted by Gasteiger charge is -2.24. The van der Waals surface area contributed by atoms with Gasteiger partial charge in [-0.15, -0.1) is 0 Å². The van der Waals surface area contributed by atoms with Gasteiger partial charge in [-0.25, -0.2) is 4.57 Å². The van der Waals surface area contributed by atoms with Gasteiger partial charge in [0.2, 0.25) is 0 Å². The molecule has 0 amide bonds. The zero-order valence-electron chi connectivity index (χ0n) is 28.4. The topological polar surface area (TPSA) is 91.3 Å². The normalized spacial score (nSPS) is 15.0. The second-order valence-electron chi connectivity index (χ2n) is 11.8. The molecule has 44 heavy (non-hydrogen) atoms. The highest BCUT2D eigenvalue weighted by atomic mass is 31.2. The highest BCUT2D eigenvalue weighted by Gasteiger charge is 2.26. The maximum atomic E-state index is 12.5. The summed E-state index contributed by atoms with van der Waals surface area (Å²) in [7, 11) is 1.60. The van der Waals surface area contributed by atoms with E-state index in [-0.39, 0.29) is 26.2 Å². The molecule has 0 bridgehead atoms. The fourth-order valence-electron chi connectivity index (χ4n) is 3.80. The van der Waals surface area contributed by atoms with Crippen molar-refractivity contribution in [3.05, 3.63) is 60.8 Å². The minimum Gasteiger partial charge on any atom is -0.457 e. The quantitative estimate of drug-likeness (QED) is 0.0288. The van der Waals surface area contributed by atoms with Crippen LogP contribution in [0.5, 0.6) is 0 Å². The highest BCUT2D eigenvalue weighted by molar-refractivity contribution is 7.47. The molecule has 8 nitrogen and oxygen atoms in total. The van der Waals surface area contributed by atoms with E-state index in [0.717, 1.165) is 44.9 Å². The van der Waals surface area contributed by atoms with E-state index < -0.39 is 19.9 Å². The number of phosphoric ester groups is 1. The number of rotatable bonds is 29. The van der Waals surface area contributed by atoms with Gasteiger partial charge in [0.15, 0.2) is 0 Å². The second kappa shape index (κ2) is 28.7. The molecular formula is C35H63NO7P+. The first kappa shape index (κ1) is 42.2. The average Bonchev–Trinajstić information content (AvgIpc) is 2.96. The molecule has 9 heteroatoms. The van der Waals surface area contributed by atoms with Gasteiger partial charge < -0.3 is 18.9 Å². The first-order valence-corrected chi connectivity index (χ1v) is 18.0. The lowest BCUT2D eigenvalue weighted by molar-refractivity contribution is -0.870. The number of allylic oxidation sites excluding steroid dienone is 9. The largest absolute Gasteiger partial charge is 0.472 e. The number of hydrogen-bond acceptors (Lipinski definition) is 6. The van der Waals surface area contributed by atoms with Crippen molar-refractivity contribution < 1.29 is 37.3 Å². The number of carbonyl (C=O) groups excluding carboxylic acids is 1. The molecule has 1 N–H and O–H groups in total. The van der Waals surface area contributed by atoms with Gasteiger partial charge in [0.05, 0.1) is 40.8 Å². The third kappa shape index (κ3) is 31.6. The second-order valence-corrected chi connectivity index (χ2v) is 13.3. The number of esters is 1. The Bertz CT molecular complexity index is 890. The smallest absolute Gasteiger partial charge is 0.457 e. The zero-order chi connectivity index (χ0) is 32.8. The molecule has 0 aromatic heterocycles. The minimum atomic E-state index is -4.28. The Morgan fingerprint density at radius 2 is 1.23 bits per heavy atom. The number of nitrogens with zero attached hydrogens (tertiary/aromatic N) is 1. The predicted octanol–water partition coefficient (Wildman–Crippen LogP) is 8.65. The van der Waals surface area contributed by atoms with Crippen LogP contribution in [-0.4, -0.2) is 75.6 Å². The van der Waals surface area contributed by atoms with Crippen molar-refractivity contribution in [2.45, 2.75) is 103 Å². The minimum absolute atomic E-state index is 0.0700. The number of likely N-dealkylation sites (N-methyl/N-ethyl adjacent to an activating group) is 1. The monoisotopic (exact) mass is 640 g/mol. The van der Waals surface area contributed by atoms with Gasteiger partial charge in [-0.05, 0) is 38.5 Å². The highest BCUT2D eigenvalue weighted by Crippen LogP contribution is 2.43. The standard InChI is InChI=1S/C35H62NO7P/c1-6-8-10-12-14-15-16-17-18-19-20-21-22-24-26-28-35(37)43-34(32-40-30-27-25-23-13-11-9-7-2)33-42-44(38,39)41-31-29-36(3,4)5/h8,10,14-15,17-18,20-21,24,26,34H,6-7,9,11-13,16,19,22-23,25,27-33H2,1-5H3/p+1/b10-8-,15-14-,18-17-,21-20-,26-24-. The first-order valence-electron chi connectivity index (χ1n) is 16.5. The molecule has 0 aromatic carbocycles. The molecule has 254 valence electrons. The molecule has 2 atom stereocenters. The van der Waals surface area contributed by atoms with E-state index >= 15 is 0 Å². The maximum absolute atomic E-state index is 12.5. The van der Waals surface area contributed by atoms with E-state index in [9.17, 15) is 14.3 Å². The van der Waals surface area contributed by atoms with Crippen LogP contribution in [0, 0.1) is 0 Å². The van der Waals surface area contributed by atoms with Crippen LogP contribution in [0.1, 0.15) is 97.3 Å². The summed E-state index contributed by atoms with van der Waals surface area (Å²) >= 11 is 0. The number of phosphoric acid groups is 1. The van der Waals surface area contributed by atoms with Crippen molar-refractivity contribution >= 4 is 13.8 Å². The van der Waals surface area contributed by atoms with Gasteiger partial charge in [-0.3, -0.25) is 13.8 Å². The summed E-state index contributed by atoms with van der Waals surface area (Å²) < 4.78 is 34.4. The third-order valence-electron chi connectivity index (χ3n) is 6.38. The van der Waals surface area contributed by atoms with E-state index in [1.54, 1.807) is 6.08 Å². The number of ether oxygens (including phenoxy) is 2. The van der Waals surface area contributed by atoms with Gasteiger partial charge in [0.1, 0.15) is 19.3 Å². The SMILES string of the molecule is CC/C=C\C/C=C\C/C=C\C/C=C\C/C=C\CC(=O)OC(COCCCCCCCCC)COP(=O)(O)OCC[N+](C)(C)C. The zero-order valence-corrected chi connectivity index (χ0v) is 29.3. The summed E-state index contributed by atoms with van der Waals surface area (Å²) in [6.07, 6.45) is 32.9. The molecule has 0 spiro atoms. The van der Waals surface area contributed by atoms with E-state index in [2.05, 4.69) is 62.5 Å². The van der Waals surface area contributed by atoms with Crippen LogP contribution in [0.2, 0.25) is 0 Å². The van der Waals surface area contributed by atoms with Crippen LogP contribution in [0.3, 0.4) is 0 Å². The van der Waals surface area contributed by atoms with E-state index in [1.807, 2.05) is 27.2 Å². The van der Waals surface area contributed by atoms with Crippen LogP contribution >= 0.6 is 7.82 Å². The summed E-state index contributed by atoms with van der Waals surface area (Å²) in [5.41, 5.74) is 0. The fourth-order valence-corrected chi connectivity index (χ4v) is 4.54. The molecule has 0 saturated carbocycles. The predicted molar refractivity (Wildman–Crippen MR) is 182 cm³/mol. The Morgan fingerprint density at radius 1 is 0.705 bits per heavy atom. The summed E-state index contributed by atoms with van der Waals surface area (Å²) in [5, 5.41) is 0. The Labute approximate surface area is 269 Å². The molecule has 0 heterocycles. The number of carbonyl (C=O) groups is 1. The molecular weight excluding hydrogens is 577 g/mol. The molecule has 0 aliphatic heterocycles. The van der Waals surface area contributed by atoms with Gasteiger partial charge in [-0.1, -0.05) is 113 Å². The van der Waals surface area contributed by atoms with Gasteiger partial charge in [0, 0.05) is 6.61 Å². The molecule has 2 unspecified atom stereocenters. The van der Waals surface area contributed by atoms with Crippen LogP contribution in [0.15, 0.2) is 60.8 Å². The number of unbranched alkanes of at least 4 members (excludes halogenated alkanes) is 6. The van der Waals surface area contributed by atoms with Crippen molar-refractivity contribution in [2.75, 3.05) is 54.1 Å². The Balaban J connectivity index is 4.52. The summed E-state index contributed by atoms with van der Waals surface area (Å²) in [6, 6.07) is 0. The van der Waals surface area contributed by atoms with E-state index in [4.69, 9.17) is 18.5 Å². The summed E-state index contributed by atoms with van der Waals surface area (Å²) in [4.78, 5) is 22.5. The van der Waals surface area contributed by atoms with Crippen molar-refractivity contribution in [3.63, 3.8) is 0 Å². The summed E-state index contributed by atoms with van der Waals surface area (Å²) in [5.74, 6) is -0.446. The van der Waals surface area contributed by atoms with Crippen molar-refractivity contribution in [1.29, 1.82) is 0 Å². The Morgan fingerprint density at radius 3 is 1.77 bits per heavy atom. The van der Waals surface area contributed by atoms with E-state index in [0.29, 0.717) is 17.6 Å². The molecule has 0 rings (SSSR count). The molecule has 0 aliphatic rings. The lowest BCUT2D eigenvalue weighted by Crippen LogP contribution is -2.37. The molecule has 0 radical (unpaired) electrons. The van der Waals surface area contributed by atoms with Crippen LogP contribution in [0.25, 0.3) is 0 Å². The number of hydrogen-bond donors (Lipinski definition) is 1. The number of quaternary nitrogens is 1. The van der Waals surface area contributed by atoms with Crippen molar-refractivity contribution in [2.24, 2.45) is 0 Å². The van der Waals surface area contributed by atoms with Crippen molar-refractivity contribution in [3.8, 4) is 0 Å².